The Balaban J connectivity index is 2.10. The van der Waals surface area contributed by atoms with Gasteiger partial charge in [0.1, 0.15) is 18.3 Å². The van der Waals surface area contributed by atoms with Crippen molar-refractivity contribution >= 4 is 28.9 Å². The molecule has 3 unspecified atom stereocenters. The van der Waals surface area contributed by atoms with E-state index in [0.29, 0.717) is 24.3 Å². The lowest BCUT2D eigenvalue weighted by atomic mass is 9.66. The molecular formula is C34H28O22. The average molecular weight is 789 g/mol. The van der Waals surface area contributed by atoms with Crippen molar-refractivity contribution in [3.05, 3.63) is 70.8 Å². The molecule has 4 aromatic carbocycles. The number of hydrogen-bond donors (Lipinski definition) is 17. The molecule has 0 saturated carbocycles. The number of carbonyl (C=O) groups excluding carboxylic acids is 5. The van der Waals surface area contributed by atoms with Gasteiger partial charge in [-0.2, -0.15) is 0 Å². The van der Waals surface area contributed by atoms with Gasteiger partial charge in [-0.3, -0.25) is 24.0 Å². The SMILES string of the molecule is O=C(C(=O)[C@](O)(C(=O)c1cc(O)c(O)c(O)c1)[C@@](O)(C(=O)c1cc(O)c(O)c(O)c1)C(=O)C(O)C(O)c1cc(O)c(O)c(O)c1)C(O)c1cc(O)c(O)c(O)c1. The summed E-state index contributed by atoms with van der Waals surface area (Å²) in [6.07, 6.45) is -9.46. The van der Waals surface area contributed by atoms with Crippen molar-refractivity contribution in [2.24, 2.45) is 0 Å². The van der Waals surface area contributed by atoms with Crippen LogP contribution in [0.5, 0.6) is 69.0 Å². The number of phenolic OH excluding ortho intramolecular Hbond substituents is 12. The highest BCUT2D eigenvalue weighted by atomic mass is 16.4. The first kappa shape index (κ1) is 41.4. The van der Waals surface area contributed by atoms with Gasteiger partial charge < -0.3 is 86.8 Å². The molecule has 0 amide bonds. The Hall–Kier alpha value is -7.37. The summed E-state index contributed by atoms with van der Waals surface area (Å²) in [7, 11) is 0. The fourth-order valence-corrected chi connectivity index (χ4v) is 5.35. The molecule has 0 radical (unpaired) electrons. The number of carbonyl (C=O) groups is 5. The largest absolute Gasteiger partial charge is 0.504 e. The van der Waals surface area contributed by atoms with Crippen molar-refractivity contribution in [3.63, 3.8) is 0 Å². The standard InChI is InChI=1S/C34H28O22/c35-13-1-9(2-14(36)23(13)45)21(43)27(49)31(53)33(55,29(51)11-5-17(39)25(47)18(40)6-11)34(56,30(52)12-7-19(41)26(48)20(42)8-12)32(54)28(50)22(44)10-3-15(37)24(46)16(38)4-10/h1-8,21-22,27,35-49,55-56H/t21?,22?,27?,33-,34-/m1/s1. The molecule has 4 rings (SSSR count). The molecule has 22 heteroatoms. The zero-order valence-electron chi connectivity index (χ0n) is 27.5. The van der Waals surface area contributed by atoms with Crippen molar-refractivity contribution < 1.29 is 111 Å². The third-order valence-corrected chi connectivity index (χ3v) is 8.41. The molecule has 0 bridgehead atoms. The normalized spacial score (nSPS) is 15.1. The molecule has 0 aromatic heterocycles. The molecule has 0 fully saturated rings. The lowest BCUT2D eigenvalue weighted by molar-refractivity contribution is -0.175. The zero-order valence-corrected chi connectivity index (χ0v) is 27.5. The Morgan fingerprint density at radius 1 is 0.429 bits per heavy atom. The second-order valence-corrected chi connectivity index (χ2v) is 12.0. The number of rotatable bonds is 13. The summed E-state index contributed by atoms with van der Waals surface area (Å²) in [5.41, 5.74) is -15.1. The zero-order chi connectivity index (χ0) is 42.5. The molecule has 0 aliphatic rings. The molecule has 0 aliphatic carbocycles. The van der Waals surface area contributed by atoms with E-state index in [9.17, 15) is 111 Å². The van der Waals surface area contributed by atoms with E-state index in [2.05, 4.69) is 0 Å². The summed E-state index contributed by atoms with van der Waals surface area (Å²) in [6.45, 7) is 0. The van der Waals surface area contributed by atoms with E-state index in [-0.39, 0.29) is 24.3 Å². The highest BCUT2D eigenvalue weighted by molar-refractivity contribution is 6.50. The molecule has 4 aromatic rings. The van der Waals surface area contributed by atoms with Crippen LogP contribution in [0.15, 0.2) is 48.5 Å². The van der Waals surface area contributed by atoms with Gasteiger partial charge in [-0.15, -0.1) is 0 Å². The van der Waals surface area contributed by atoms with Crippen molar-refractivity contribution in [3.8, 4) is 69.0 Å². The first-order valence-corrected chi connectivity index (χ1v) is 15.0. The van der Waals surface area contributed by atoms with Crippen LogP contribution in [0.2, 0.25) is 0 Å². The number of Topliss-reactive ketones (excluding diaryl/α,β-unsaturated/α-hetero) is 5. The third kappa shape index (κ3) is 6.56. The van der Waals surface area contributed by atoms with Crippen molar-refractivity contribution in [2.45, 2.75) is 29.5 Å². The Morgan fingerprint density at radius 2 is 0.714 bits per heavy atom. The van der Waals surface area contributed by atoms with Gasteiger partial charge in [0.05, 0.1) is 0 Å². The number of phenols is 12. The van der Waals surface area contributed by atoms with Crippen LogP contribution < -0.4 is 0 Å². The van der Waals surface area contributed by atoms with Gasteiger partial charge in [-0.05, 0) is 59.7 Å². The maximum absolute atomic E-state index is 14.3. The smallest absolute Gasteiger partial charge is 0.245 e. The van der Waals surface area contributed by atoms with Crippen molar-refractivity contribution in [2.75, 3.05) is 0 Å². The minimum Gasteiger partial charge on any atom is -0.504 e. The van der Waals surface area contributed by atoms with Gasteiger partial charge in [-0.25, -0.2) is 0 Å². The number of benzene rings is 4. The summed E-state index contributed by atoms with van der Waals surface area (Å²) in [5, 5.41) is 176. The van der Waals surface area contributed by atoms with Crippen LogP contribution in [-0.2, 0) is 14.4 Å². The highest BCUT2D eigenvalue weighted by Crippen LogP contribution is 2.44. The second-order valence-electron chi connectivity index (χ2n) is 12.0. The monoisotopic (exact) mass is 788 g/mol. The highest BCUT2D eigenvalue weighted by Gasteiger charge is 2.71. The molecule has 56 heavy (non-hydrogen) atoms. The molecule has 5 atom stereocenters. The van der Waals surface area contributed by atoms with E-state index in [0.717, 1.165) is 0 Å². The number of aliphatic hydroxyl groups excluding tert-OH is 3. The van der Waals surface area contributed by atoms with Gasteiger partial charge >= 0.3 is 0 Å². The van der Waals surface area contributed by atoms with Crippen LogP contribution in [0, 0.1) is 0 Å². The summed E-state index contributed by atoms with van der Waals surface area (Å²) in [5.74, 6) is -29.3. The van der Waals surface area contributed by atoms with Gasteiger partial charge in [0.15, 0.2) is 69.0 Å². The fourth-order valence-electron chi connectivity index (χ4n) is 5.35. The minimum atomic E-state index is -5.14. The quantitative estimate of drug-likeness (QED) is 0.0308. The maximum atomic E-state index is 14.3. The molecule has 0 aliphatic heterocycles. The molecule has 0 saturated heterocycles. The molecule has 296 valence electrons. The summed E-state index contributed by atoms with van der Waals surface area (Å²) < 4.78 is 0. The molecule has 0 spiro atoms. The van der Waals surface area contributed by atoms with Crippen LogP contribution in [-0.4, -0.2) is 133 Å². The predicted octanol–water partition coefficient (Wildman–Crippen LogP) is -1.78. The van der Waals surface area contributed by atoms with Gasteiger partial charge in [0.2, 0.25) is 40.1 Å². The number of ketones is 5. The molecular weight excluding hydrogens is 760 g/mol. The van der Waals surface area contributed by atoms with Crippen LogP contribution in [0.1, 0.15) is 44.1 Å². The van der Waals surface area contributed by atoms with Crippen molar-refractivity contribution in [1.29, 1.82) is 0 Å². The third-order valence-electron chi connectivity index (χ3n) is 8.41. The Labute approximate surface area is 309 Å². The summed E-state index contributed by atoms with van der Waals surface area (Å²) in [4.78, 5) is 70.5. The van der Waals surface area contributed by atoms with Crippen LogP contribution in [0.4, 0.5) is 0 Å². The Bertz CT molecular complexity index is 2240. The van der Waals surface area contributed by atoms with Gasteiger partial charge in [0, 0.05) is 11.1 Å². The number of aromatic hydroxyl groups is 12. The molecule has 0 heterocycles. The predicted molar refractivity (Wildman–Crippen MR) is 175 cm³/mol. The van der Waals surface area contributed by atoms with Crippen LogP contribution >= 0.6 is 0 Å². The second kappa shape index (κ2) is 14.5. The summed E-state index contributed by atoms with van der Waals surface area (Å²) >= 11 is 0. The van der Waals surface area contributed by atoms with Gasteiger partial charge in [0.25, 0.3) is 0 Å². The molecule has 22 nitrogen and oxygen atoms in total. The lowest BCUT2D eigenvalue weighted by Crippen LogP contribution is -2.74. The fraction of sp³-hybridized carbons (Fsp3) is 0.147. The van der Waals surface area contributed by atoms with E-state index in [4.69, 9.17) is 0 Å². The summed E-state index contributed by atoms with van der Waals surface area (Å²) in [6, 6.07) is 1.95. The number of aliphatic hydroxyl groups is 5. The first-order chi connectivity index (χ1) is 25.8. The lowest BCUT2D eigenvalue weighted by Gasteiger charge is -2.40. The first-order valence-electron chi connectivity index (χ1n) is 15.0. The van der Waals surface area contributed by atoms with Crippen LogP contribution in [0.25, 0.3) is 0 Å². The average Bonchev–Trinajstić information content (AvgIpc) is 3.15. The van der Waals surface area contributed by atoms with E-state index in [1.54, 1.807) is 0 Å². The number of hydrogen-bond acceptors (Lipinski definition) is 22. The minimum absolute atomic E-state index is 0.118. The van der Waals surface area contributed by atoms with Gasteiger partial charge in [-0.1, -0.05) is 0 Å². The van der Waals surface area contributed by atoms with E-state index < -0.39 is 150 Å². The van der Waals surface area contributed by atoms with E-state index in [1.165, 1.54) is 0 Å². The van der Waals surface area contributed by atoms with Crippen LogP contribution in [0.3, 0.4) is 0 Å². The Kier molecular flexibility index (Phi) is 10.7. The van der Waals surface area contributed by atoms with E-state index in [1.807, 2.05) is 0 Å². The van der Waals surface area contributed by atoms with Crippen molar-refractivity contribution in [1.82, 2.24) is 0 Å². The van der Waals surface area contributed by atoms with E-state index >= 15 is 0 Å². The molecule has 17 N–H and O–H groups in total. The maximum Gasteiger partial charge on any atom is 0.245 e. The topological polar surface area (TPSA) is 429 Å². The Morgan fingerprint density at radius 3 is 1.05 bits per heavy atom.